The Hall–Kier alpha value is -3.24. The SMILES string of the molecule is CCC(=O)Nc1ccc(C(=O)COC(=O)C(C)NS(=O)(=O)c2ccc(OC)cc2)cc1. The van der Waals surface area contributed by atoms with Gasteiger partial charge in [0.15, 0.2) is 12.4 Å². The van der Waals surface area contributed by atoms with Gasteiger partial charge in [-0.3, -0.25) is 14.4 Å². The Morgan fingerprint density at radius 2 is 1.61 bits per heavy atom. The maximum atomic E-state index is 12.4. The van der Waals surface area contributed by atoms with Crippen LogP contribution in [0.1, 0.15) is 30.6 Å². The van der Waals surface area contributed by atoms with Crippen molar-refractivity contribution in [3.63, 3.8) is 0 Å². The summed E-state index contributed by atoms with van der Waals surface area (Å²) in [5.41, 5.74) is 0.829. The number of methoxy groups -OCH3 is 1. The minimum absolute atomic E-state index is 0.0423. The molecule has 0 radical (unpaired) electrons. The van der Waals surface area contributed by atoms with Crippen molar-refractivity contribution >= 4 is 33.4 Å². The normalized spacial score (nSPS) is 12.0. The summed E-state index contributed by atoms with van der Waals surface area (Å²) in [6.07, 6.45) is 0.330. The summed E-state index contributed by atoms with van der Waals surface area (Å²) >= 11 is 0. The predicted molar refractivity (Wildman–Crippen MR) is 113 cm³/mol. The Bertz CT molecular complexity index is 1030. The molecule has 0 bridgehead atoms. The van der Waals surface area contributed by atoms with Gasteiger partial charge in [-0.05, 0) is 55.5 Å². The molecule has 9 nitrogen and oxygen atoms in total. The van der Waals surface area contributed by atoms with Crippen LogP contribution in [0.25, 0.3) is 0 Å². The number of ketones is 1. The van der Waals surface area contributed by atoms with E-state index >= 15 is 0 Å². The molecule has 2 aromatic rings. The maximum absolute atomic E-state index is 12.4. The fraction of sp³-hybridized carbons (Fsp3) is 0.286. The van der Waals surface area contributed by atoms with Crippen molar-refractivity contribution in [2.45, 2.75) is 31.2 Å². The van der Waals surface area contributed by atoms with Crippen molar-refractivity contribution < 1.29 is 32.3 Å². The van der Waals surface area contributed by atoms with Gasteiger partial charge in [0, 0.05) is 17.7 Å². The van der Waals surface area contributed by atoms with Gasteiger partial charge in [0.1, 0.15) is 11.8 Å². The van der Waals surface area contributed by atoms with Crippen LogP contribution in [0.2, 0.25) is 0 Å². The molecule has 0 aliphatic heterocycles. The van der Waals surface area contributed by atoms with E-state index in [9.17, 15) is 22.8 Å². The first-order valence-electron chi connectivity index (χ1n) is 9.42. The number of anilines is 1. The standard InChI is InChI=1S/C21H24N2O7S/c1-4-20(25)22-16-7-5-15(6-8-16)19(24)13-30-21(26)14(2)23-31(27,28)18-11-9-17(29-3)10-12-18/h5-12,14,23H,4,13H2,1-3H3,(H,22,25). The molecule has 0 saturated carbocycles. The first kappa shape index (κ1) is 24.0. The molecule has 0 saturated heterocycles. The third-order valence-corrected chi connectivity index (χ3v) is 5.77. The van der Waals surface area contributed by atoms with Gasteiger partial charge in [0.2, 0.25) is 15.9 Å². The molecule has 0 aliphatic carbocycles. The van der Waals surface area contributed by atoms with E-state index < -0.39 is 34.4 Å². The Kier molecular flexibility index (Phi) is 8.29. The molecule has 1 unspecified atom stereocenters. The Morgan fingerprint density at radius 1 is 1.00 bits per heavy atom. The van der Waals surface area contributed by atoms with E-state index in [2.05, 4.69) is 10.0 Å². The van der Waals surface area contributed by atoms with Gasteiger partial charge < -0.3 is 14.8 Å². The second-order valence-electron chi connectivity index (χ2n) is 6.53. The number of nitrogens with one attached hydrogen (secondary N) is 2. The molecule has 1 atom stereocenters. The van der Waals surface area contributed by atoms with E-state index in [-0.39, 0.29) is 16.4 Å². The number of hydrogen-bond acceptors (Lipinski definition) is 7. The summed E-state index contributed by atoms with van der Waals surface area (Å²) < 4.78 is 36.9. The number of esters is 1. The number of carbonyl (C=O) groups is 3. The lowest BCUT2D eigenvalue weighted by atomic mass is 10.1. The second kappa shape index (κ2) is 10.7. The van der Waals surface area contributed by atoms with Crippen molar-refractivity contribution in [3.8, 4) is 5.75 Å². The molecule has 0 aliphatic rings. The molecule has 10 heteroatoms. The smallest absolute Gasteiger partial charge is 0.324 e. The minimum Gasteiger partial charge on any atom is -0.497 e. The van der Waals surface area contributed by atoms with Crippen LogP contribution in [0, 0.1) is 0 Å². The van der Waals surface area contributed by atoms with E-state index in [0.717, 1.165) is 0 Å². The molecule has 31 heavy (non-hydrogen) atoms. The summed E-state index contributed by atoms with van der Waals surface area (Å²) in [5.74, 6) is -1.02. The Morgan fingerprint density at radius 3 is 2.16 bits per heavy atom. The highest BCUT2D eigenvalue weighted by molar-refractivity contribution is 7.89. The van der Waals surface area contributed by atoms with Crippen LogP contribution < -0.4 is 14.8 Å². The van der Waals surface area contributed by atoms with E-state index in [1.165, 1.54) is 50.4 Å². The summed E-state index contributed by atoms with van der Waals surface area (Å²) in [6, 6.07) is 10.6. The van der Waals surface area contributed by atoms with Gasteiger partial charge in [-0.2, -0.15) is 4.72 Å². The highest BCUT2D eigenvalue weighted by Gasteiger charge is 2.24. The summed E-state index contributed by atoms with van der Waals surface area (Å²) in [5, 5.41) is 2.66. The van der Waals surface area contributed by atoms with Crippen molar-refractivity contribution in [1.29, 1.82) is 0 Å². The predicted octanol–water partition coefficient (Wildman–Crippen LogP) is 2.14. The Labute approximate surface area is 180 Å². The van der Waals surface area contributed by atoms with Crippen LogP contribution >= 0.6 is 0 Å². The van der Waals surface area contributed by atoms with Gasteiger partial charge >= 0.3 is 5.97 Å². The van der Waals surface area contributed by atoms with Gasteiger partial charge in [-0.1, -0.05) is 6.92 Å². The van der Waals surface area contributed by atoms with E-state index in [0.29, 0.717) is 17.9 Å². The van der Waals surface area contributed by atoms with E-state index in [1.807, 2.05) is 0 Å². The number of benzene rings is 2. The number of hydrogen-bond donors (Lipinski definition) is 2. The van der Waals surface area contributed by atoms with Gasteiger partial charge in [-0.15, -0.1) is 0 Å². The van der Waals surface area contributed by atoms with Crippen LogP contribution in [0.15, 0.2) is 53.4 Å². The van der Waals surface area contributed by atoms with Crippen molar-refractivity contribution in [2.24, 2.45) is 0 Å². The number of carbonyl (C=O) groups excluding carboxylic acids is 3. The third-order valence-electron chi connectivity index (χ3n) is 4.21. The lowest BCUT2D eigenvalue weighted by molar-refractivity contribution is -0.144. The fourth-order valence-electron chi connectivity index (χ4n) is 2.44. The topological polar surface area (TPSA) is 128 Å². The molecule has 0 aromatic heterocycles. The summed E-state index contributed by atoms with van der Waals surface area (Å²) in [7, 11) is -2.50. The number of sulfonamides is 1. The van der Waals surface area contributed by atoms with Crippen LogP contribution in [0.4, 0.5) is 5.69 Å². The first-order chi connectivity index (χ1) is 14.7. The number of ether oxygens (including phenoxy) is 2. The lowest BCUT2D eigenvalue weighted by Crippen LogP contribution is -2.40. The fourth-order valence-corrected chi connectivity index (χ4v) is 3.63. The average Bonchev–Trinajstić information content (AvgIpc) is 2.77. The maximum Gasteiger partial charge on any atom is 0.324 e. The molecule has 166 valence electrons. The van der Waals surface area contributed by atoms with Crippen LogP contribution in [-0.2, 0) is 24.3 Å². The molecule has 2 rings (SSSR count). The summed E-state index contributed by atoms with van der Waals surface area (Å²) in [4.78, 5) is 35.7. The monoisotopic (exact) mass is 448 g/mol. The number of amides is 1. The molecule has 0 spiro atoms. The molecular weight excluding hydrogens is 424 g/mol. The molecule has 2 aromatic carbocycles. The van der Waals surface area contributed by atoms with E-state index in [4.69, 9.17) is 9.47 Å². The number of Topliss-reactive ketones (excluding diaryl/α,β-unsaturated/α-hetero) is 1. The molecule has 0 fully saturated rings. The molecular formula is C21H24N2O7S. The highest BCUT2D eigenvalue weighted by Crippen LogP contribution is 2.16. The Balaban J connectivity index is 1.90. The van der Waals surface area contributed by atoms with Crippen LogP contribution in [0.3, 0.4) is 0 Å². The van der Waals surface area contributed by atoms with Crippen molar-refractivity contribution in [3.05, 3.63) is 54.1 Å². The average molecular weight is 448 g/mol. The van der Waals surface area contributed by atoms with Crippen LogP contribution in [0.5, 0.6) is 5.75 Å². The molecule has 0 heterocycles. The molecule has 2 N–H and O–H groups in total. The second-order valence-corrected chi connectivity index (χ2v) is 8.24. The zero-order valence-electron chi connectivity index (χ0n) is 17.4. The first-order valence-corrected chi connectivity index (χ1v) is 10.9. The highest BCUT2D eigenvalue weighted by atomic mass is 32.2. The zero-order valence-corrected chi connectivity index (χ0v) is 18.2. The third kappa shape index (κ3) is 6.90. The van der Waals surface area contributed by atoms with Crippen molar-refractivity contribution in [2.75, 3.05) is 19.0 Å². The summed E-state index contributed by atoms with van der Waals surface area (Å²) in [6.45, 7) is 2.49. The van der Waals surface area contributed by atoms with Gasteiger partial charge in [0.25, 0.3) is 0 Å². The number of rotatable bonds is 10. The minimum atomic E-state index is -3.96. The zero-order chi connectivity index (χ0) is 23.0. The van der Waals surface area contributed by atoms with E-state index in [1.54, 1.807) is 19.1 Å². The quantitative estimate of drug-likeness (QED) is 0.421. The largest absolute Gasteiger partial charge is 0.497 e. The van der Waals surface area contributed by atoms with Crippen molar-refractivity contribution in [1.82, 2.24) is 4.72 Å². The lowest BCUT2D eigenvalue weighted by Gasteiger charge is -2.14. The van der Waals surface area contributed by atoms with Crippen LogP contribution in [-0.4, -0.2) is 45.8 Å². The van der Waals surface area contributed by atoms with Gasteiger partial charge in [-0.25, -0.2) is 8.42 Å². The van der Waals surface area contributed by atoms with Gasteiger partial charge in [0.05, 0.1) is 12.0 Å². The molecule has 1 amide bonds.